The van der Waals surface area contributed by atoms with E-state index in [0.29, 0.717) is 20.8 Å². The predicted octanol–water partition coefficient (Wildman–Crippen LogP) is 12.5. The maximum atomic E-state index is 7.01. The summed E-state index contributed by atoms with van der Waals surface area (Å²) >= 11 is 20.1. The number of methoxy groups -OCH3 is 1. The number of aromatic nitrogens is 1. The molecule has 218 valence electrons. The van der Waals surface area contributed by atoms with Gasteiger partial charge in [0, 0.05) is 53.8 Å². The molecule has 2 nitrogen and oxygen atoms in total. The molecule has 0 saturated carbocycles. The predicted molar refractivity (Wildman–Crippen MR) is 191 cm³/mol. The third-order valence-corrected chi connectivity index (χ3v) is 8.78. The number of ether oxygens (including phenoxy) is 1. The molecule has 1 aromatic heterocycles. The number of hydrogen-bond acceptors (Lipinski definition) is 2. The Bertz CT molecular complexity index is 2180. The molecule has 1 heterocycles. The standard InChI is InChI=1S/C40H26Cl3NO/c1-45-40-37(28-13-9-14-30(42)24-28)35(27-18-21-29(41)22-19-27)39(34-23-20-25-10-5-8-17-33(25)44-34)36(26-11-3-2-4-12-26)38(40)31-15-6-7-16-32(31)43/h2-24H,1H3. The van der Waals surface area contributed by atoms with Crippen molar-refractivity contribution in [3.8, 4) is 61.5 Å². The lowest BCUT2D eigenvalue weighted by Crippen LogP contribution is -2.03. The summed E-state index contributed by atoms with van der Waals surface area (Å²) in [5.74, 6) is 0.679. The van der Waals surface area contributed by atoms with Crippen molar-refractivity contribution in [2.45, 2.75) is 0 Å². The van der Waals surface area contributed by atoms with Gasteiger partial charge in [-0.25, -0.2) is 4.98 Å². The van der Waals surface area contributed by atoms with Gasteiger partial charge in [0.25, 0.3) is 0 Å². The molecule has 7 rings (SSSR count). The number of para-hydroxylation sites is 1. The van der Waals surface area contributed by atoms with E-state index in [0.717, 1.165) is 66.7 Å². The molecule has 0 spiro atoms. The van der Waals surface area contributed by atoms with Gasteiger partial charge in [0.1, 0.15) is 5.75 Å². The minimum Gasteiger partial charge on any atom is -0.495 e. The van der Waals surface area contributed by atoms with Crippen LogP contribution in [-0.4, -0.2) is 12.1 Å². The summed E-state index contributed by atoms with van der Waals surface area (Å²) in [5.41, 5.74) is 10.0. The van der Waals surface area contributed by atoms with Crippen LogP contribution in [0.2, 0.25) is 15.1 Å². The van der Waals surface area contributed by atoms with Crippen LogP contribution in [0.15, 0.2) is 140 Å². The SMILES string of the molecule is COc1c(-c2cccc(Cl)c2)c(-c2ccc(Cl)cc2)c(-c2ccc3ccccc3n2)c(-c2ccccc2)c1-c1ccccc1Cl. The molecule has 0 aliphatic carbocycles. The molecule has 0 atom stereocenters. The molecule has 0 amide bonds. The van der Waals surface area contributed by atoms with Crippen LogP contribution in [-0.2, 0) is 0 Å². The number of halogens is 3. The lowest BCUT2D eigenvalue weighted by atomic mass is 9.79. The van der Waals surface area contributed by atoms with Gasteiger partial charge in [0.05, 0.1) is 18.3 Å². The van der Waals surface area contributed by atoms with Crippen LogP contribution in [0.1, 0.15) is 0 Å². The molecule has 0 radical (unpaired) electrons. The summed E-state index contributed by atoms with van der Waals surface area (Å²) in [5, 5.41) is 2.94. The molecular weight excluding hydrogens is 617 g/mol. The van der Waals surface area contributed by atoms with E-state index in [1.54, 1.807) is 7.11 Å². The quantitative estimate of drug-likeness (QED) is 0.180. The molecule has 0 unspecified atom stereocenters. The maximum Gasteiger partial charge on any atom is 0.135 e. The molecule has 7 aromatic rings. The first-order valence-electron chi connectivity index (χ1n) is 14.5. The summed E-state index contributed by atoms with van der Waals surface area (Å²) in [4.78, 5) is 5.27. The smallest absolute Gasteiger partial charge is 0.135 e. The Morgan fingerprint density at radius 1 is 0.489 bits per heavy atom. The molecule has 0 aliphatic heterocycles. The Kier molecular flexibility index (Phi) is 8.04. The van der Waals surface area contributed by atoms with Crippen LogP contribution in [0, 0.1) is 0 Å². The van der Waals surface area contributed by atoms with E-state index in [2.05, 4.69) is 36.4 Å². The highest BCUT2D eigenvalue weighted by Crippen LogP contribution is 2.56. The first-order valence-corrected chi connectivity index (χ1v) is 15.6. The second-order valence-electron chi connectivity index (χ2n) is 10.7. The zero-order valence-corrected chi connectivity index (χ0v) is 26.5. The first-order chi connectivity index (χ1) is 22.0. The number of fused-ring (bicyclic) bond motifs is 1. The fourth-order valence-corrected chi connectivity index (χ4v) is 6.58. The third-order valence-electron chi connectivity index (χ3n) is 7.96. The highest BCUT2D eigenvalue weighted by atomic mass is 35.5. The fourth-order valence-electron chi connectivity index (χ4n) is 6.03. The van der Waals surface area contributed by atoms with Crippen LogP contribution in [0.5, 0.6) is 5.75 Å². The topological polar surface area (TPSA) is 22.1 Å². The van der Waals surface area contributed by atoms with Crippen LogP contribution >= 0.6 is 34.8 Å². The Labute approximate surface area is 277 Å². The molecule has 5 heteroatoms. The fraction of sp³-hybridized carbons (Fsp3) is 0.0250. The molecule has 0 saturated heterocycles. The second kappa shape index (κ2) is 12.4. The monoisotopic (exact) mass is 641 g/mol. The van der Waals surface area contributed by atoms with E-state index in [-0.39, 0.29) is 0 Å². The molecule has 45 heavy (non-hydrogen) atoms. The Morgan fingerprint density at radius 2 is 1.16 bits per heavy atom. The lowest BCUT2D eigenvalue weighted by Gasteiger charge is -2.27. The van der Waals surface area contributed by atoms with Crippen molar-refractivity contribution in [1.82, 2.24) is 4.98 Å². The average Bonchev–Trinajstić information content (AvgIpc) is 3.08. The summed E-state index contributed by atoms with van der Waals surface area (Å²) in [6.45, 7) is 0. The van der Waals surface area contributed by atoms with E-state index >= 15 is 0 Å². The van der Waals surface area contributed by atoms with E-state index in [1.807, 2.05) is 103 Å². The van der Waals surface area contributed by atoms with Crippen LogP contribution < -0.4 is 4.74 Å². The number of nitrogens with zero attached hydrogens (tertiary/aromatic N) is 1. The van der Waals surface area contributed by atoms with Crippen molar-refractivity contribution in [2.75, 3.05) is 7.11 Å². The van der Waals surface area contributed by atoms with Gasteiger partial charge in [-0.05, 0) is 59.2 Å². The van der Waals surface area contributed by atoms with Crippen LogP contribution in [0.3, 0.4) is 0 Å². The number of rotatable bonds is 6. The molecule has 0 N–H and O–H groups in total. The number of hydrogen-bond donors (Lipinski definition) is 0. The molecule has 6 aromatic carbocycles. The van der Waals surface area contributed by atoms with Gasteiger partial charge in [-0.1, -0.05) is 132 Å². The zero-order chi connectivity index (χ0) is 30.9. The minimum atomic E-state index is 0.613. The molecule has 0 aliphatic rings. The van der Waals surface area contributed by atoms with Gasteiger partial charge < -0.3 is 4.74 Å². The van der Waals surface area contributed by atoms with Gasteiger partial charge in [-0.3, -0.25) is 0 Å². The van der Waals surface area contributed by atoms with Crippen molar-refractivity contribution in [1.29, 1.82) is 0 Å². The molecule has 0 fully saturated rings. The highest BCUT2D eigenvalue weighted by Gasteiger charge is 2.30. The van der Waals surface area contributed by atoms with Crippen molar-refractivity contribution in [3.63, 3.8) is 0 Å². The lowest BCUT2D eigenvalue weighted by molar-refractivity contribution is 0.418. The van der Waals surface area contributed by atoms with E-state index in [9.17, 15) is 0 Å². The van der Waals surface area contributed by atoms with E-state index in [4.69, 9.17) is 44.5 Å². The van der Waals surface area contributed by atoms with E-state index < -0.39 is 0 Å². The summed E-state index contributed by atoms with van der Waals surface area (Å²) < 4.78 is 6.44. The van der Waals surface area contributed by atoms with Gasteiger partial charge in [0.2, 0.25) is 0 Å². The molecule has 0 bridgehead atoms. The Morgan fingerprint density at radius 3 is 1.91 bits per heavy atom. The van der Waals surface area contributed by atoms with Gasteiger partial charge in [0.15, 0.2) is 0 Å². The van der Waals surface area contributed by atoms with Crippen molar-refractivity contribution < 1.29 is 4.74 Å². The number of benzene rings is 6. The second-order valence-corrected chi connectivity index (χ2v) is 11.9. The summed E-state index contributed by atoms with van der Waals surface area (Å²) in [6.07, 6.45) is 0. The minimum absolute atomic E-state index is 0.613. The Hall–Kier alpha value is -4.60. The Balaban J connectivity index is 1.78. The van der Waals surface area contributed by atoms with E-state index in [1.165, 1.54) is 0 Å². The molecular formula is C40H26Cl3NO. The third kappa shape index (κ3) is 5.47. The zero-order valence-electron chi connectivity index (χ0n) is 24.3. The average molecular weight is 643 g/mol. The summed E-state index contributed by atoms with van der Waals surface area (Å²) in [7, 11) is 1.71. The van der Waals surface area contributed by atoms with Crippen molar-refractivity contribution >= 4 is 45.7 Å². The van der Waals surface area contributed by atoms with Crippen LogP contribution in [0.25, 0.3) is 66.7 Å². The van der Waals surface area contributed by atoms with Gasteiger partial charge in [-0.15, -0.1) is 0 Å². The highest BCUT2D eigenvalue weighted by molar-refractivity contribution is 6.34. The van der Waals surface area contributed by atoms with Gasteiger partial charge >= 0.3 is 0 Å². The van der Waals surface area contributed by atoms with Crippen molar-refractivity contribution in [3.05, 3.63) is 155 Å². The maximum absolute atomic E-state index is 7.01. The normalized spacial score (nSPS) is 11.1. The first kappa shape index (κ1) is 29.1. The van der Waals surface area contributed by atoms with Crippen molar-refractivity contribution in [2.24, 2.45) is 0 Å². The largest absolute Gasteiger partial charge is 0.495 e. The number of pyridine rings is 1. The van der Waals surface area contributed by atoms with Gasteiger partial charge in [-0.2, -0.15) is 0 Å². The van der Waals surface area contributed by atoms with Crippen LogP contribution in [0.4, 0.5) is 0 Å². The summed E-state index contributed by atoms with van der Waals surface area (Å²) in [6, 6.07) is 46.3.